The van der Waals surface area contributed by atoms with Crippen LogP contribution in [-0.4, -0.2) is 14.7 Å². The largest absolute Gasteiger partial charge is 0.507 e. The van der Waals surface area contributed by atoms with E-state index in [2.05, 4.69) is 92.4 Å². The summed E-state index contributed by atoms with van der Waals surface area (Å²) in [6.07, 6.45) is 0. The number of hydrogen-bond donors (Lipinski definition) is 1. The highest BCUT2D eigenvalue weighted by molar-refractivity contribution is 9.10. The number of nitrogens with zero attached hydrogens (tertiary/aromatic N) is 2. The third-order valence-electron chi connectivity index (χ3n) is 5.68. The highest BCUT2D eigenvalue weighted by Gasteiger charge is 2.28. The smallest absolute Gasteiger partial charge is 0.149 e. The van der Waals surface area contributed by atoms with Crippen molar-refractivity contribution in [3.05, 3.63) is 76.3 Å². The quantitative estimate of drug-likeness (QED) is 0.320. The first-order valence-electron chi connectivity index (χ1n) is 10.6. The van der Waals surface area contributed by atoms with Crippen LogP contribution in [0.2, 0.25) is 0 Å². The number of rotatable bonds is 2. The van der Waals surface area contributed by atoms with Crippen molar-refractivity contribution in [3.63, 3.8) is 0 Å². The molecule has 0 aliphatic carbocycles. The zero-order chi connectivity index (χ0) is 22.6. The Morgan fingerprint density at radius 3 is 2.13 bits per heavy atom. The molecule has 3 nitrogen and oxygen atoms in total. The Labute approximate surface area is 192 Å². The Hall–Kier alpha value is -2.59. The minimum Gasteiger partial charge on any atom is -0.507 e. The number of aromatic nitrogens is 2. The van der Waals surface area contributed by atoms with Crippen LogP contribution in [0.1, 0.15) is 52.7 Å². The molecule has 31 heavy (non-hydrogen) atoms. The third-order valence-corrected chi connectivity index (χ3v) is 6.32. The van der Waals surface area contributed by atoms with E-state index in [9.17, 15) is 5.11 Å². The van der Waals surface area contributed by atoms with Crippen LogP contribution in [0.5, 0.6) is 5.75 Å². The van der Waals surface area contributed by atoms with Gasteiger partial charge in [0.2, 0.25) is 0 Å². The third kappa shape index (κ3) is 3.89. The highest BCUT2D eigenvalue weighted by Crippen LogP contribution is 2.43. The molecule has 0 saturated carbocycles. The average molecular weight is 477 g/mol. The summed E-state index contributed by atoms with van der Waals surface area (Å²) in [6, 6.07) is 20.5. The van der Waals surface area contributed by atoms with E-state index in [0.29, 0.717) is 5.75 Å². The van der Waals surface area contributed by atoms with Gasteiger partial charge in [-0.05, 0) is 62.7 Å². The van der Waals surface area contributed by atoms with E-state index in [-0.39, 0.29) is 10.8 Å². The van der Waals surface area contributed by atoms with E-state index < -0.39 is 0 Å². The molecule has 4 heteroatoms. The van der Waals surface area contributed by atoms with E-state index >= 15 is 0 Å². The van der Waals surface area contributed by atoms with Gasteiger partial charge in [-0.1, -0.05) is 71.9 Å². The van der Waals surface area contributed by atoms with Crippen molar-refractivity contribution in [2.75, 3.05) is 0 Å². The van der Waals surface area contributed by atoms with E-state index in [1.807, 2.05) is 30.3 Å². The van der Waals surface area contributed by atoms with Gasteiger partial charge >= 0.3 is 0 Å². The van der Waals surface area contributed by atoms with Crippen LogP contribution in [-0.2, 0) is 10.8 Å². The standard InChI is InChI=1S/C27H29BrN2O/c1-26(2,3)17-15-19(24(31)20(16-17)27(4,5)6)25-29-23-21(28)13-10-14-22(23)30(25)18-11-8-7-9-12-18/h7-16,31H,1-6H3. The number of phenolic OH excluding ortho intramolecular Hbond substituents is 1. The second-order valence-electron chi connectivity index (χ2n) is 10.1. The zero-order valence-electron chi connectivity index (χ0n) is 19.0. The number of halogens is 1. The molecular weight excluding hydrogens is 448 g/mol. The molecule has 0 aliphatic rings. The normalized spacial score (nSPS) is 12.5. The molecule has 0 radical (unpaired) electrons. The average Bonchev–Trinajstić information content (AvgIpc) is 3.07. The number of aromatic hydroxyl groups is 1. The lowest BCUT2D eigenvalue weighted by Gasteiger charge is -2.27. The lowest BCUT2D eigenvalue weighted by Crippen LogP contribution is -2.17. The summed E-state index contributed by atoms with van der Waals surface area (Å²) in [5.74, 6) is 1.03. The van der Waals surface area contributed by atoms with Crippen LogP contribution in [0.4, 0.5) is 0 Å². The molecule has 0 amide bonds. The van der Waals surface area contributed by atoms with Crippen LogP contribution in [0.3, 0.4) is 0 Å². The first kappa shape index (κ1) is 21.6. The second kappa shape index (κ2) is 7.52. The lowest BCUT2D eigenvalue weighted by molar-refractivity contribution is 0.446. The van der Waals surface area contributed by atoms with Crippen LogP contribution in [0.15, 0.2) is 65.1 Å². The van der Waals surface area contributed by atoms with Crippen molar-refractivity contribution in [2.45, 2.75) is 52.4 Å². The van der Waals surface area contributed by atoms with Gasteiger partial charge in [0.1, 0.15) is 17.1 Å². The van der Waals surface area contributed by atoms with Gasteiger partial charge in [-0.25, -0.2) is 4.98 Å². The van der Waals surface area contributed by atoms with Crippen LogP contribution >= 0.6 is 15.9 Å². The Kier molecular flexibility index (Phi) is 5.25. The Morgan fingerprint density at radius 2 is 1.52 bits per heavy atom. The molecule has 0 bridgehead atoms. The van der Waals surface area contributed by atoms with Gasteiger partial charge in [-0.3, -0.25) is 4.57 Å². The zero-order valence-corrected chi connectivity index (χ0v) is 20.6. The molecule has 0 fully saturated rings. The monoisotopic (exact) mass is 476 g/mol. The van der Waals surface area contributed by atoms with Crippen molar-refractivity contribution >= 4 is 27.0 Å². The molecule has 0 unspecified atom stereocenters. The van der Waals surface area contributed by atoms with Gasteiger partial charge in [0, 0.05) is 15.7 Å². The van der Waals surface area contributed by atoms with Gasteiger partial charge in [-0.2, -0.15) is 0 Å². The first-order valence-corrected chi connectivity index (χ1v) is 11.4. The minimum atomic E-state index is -0.204. The van der Waals surface area contributed by atoms with E-state index in [1.165, 1.54) is 5.56 Å². The SMILES string of the molecule is CC(C)(C)c1cc(-c2nc3c(Br)cccc3n2-c2ccccc2)c(O)c(C(C)(C)C)c1. The fourth-order valence-corrected chi connectivity index (χ4v) is 4.34. The Morgan fingerprint density at radius 1 is 0.839 bits per heavy atom. The minimum absolute atomic E-state index is 0.0629. The van der Waals surface area contributed by atoms with Crippen LogP contribution in [0, 0.1) is 0 Å². The first-order chi connectivity index (χ1) is 14.5. The fourth-order valence-electron chi connectivity index (χ4n) is 3.89. The molecule has 0 atom stereocenters. The molecule has 1 aromatic heterocycles. The fraction of sp³-hybridized carbons (Fsp3) is 0.296. The van der Waals surface area contributed by atoms with Gasteiger partial charge in [-0.15, -0.1) is 0 Å². The van der Waals surface area contributed by atoms with E-state index in [0.717, 1.165) is 38.1 Å². The maximum atomic E-state index is 11.5. The predicted molar refractivity (Wildman–Crippen MR) is 133 cm³/mol. The van der Waals surface area contributed by atoms with Crippen molar-refractivity contribution in [2.24, 2.45) is 0 Å². The van der Waals surface area contributed by atoms with Crippen molar-refractivity contribution in [3.8, 4) is 22.8 Å². The number of fused-ring (bicyclic) bond motifs is 1. The van der Waals surface area contributed by atoms with Crippen molar-refractivity contribution in [1.82, 2.24) is 9.55 Å². The Bertz CT molecular complexity index is 1260. The molecule has 0 spiro atoms. The summed E-state index contributed by atoms with van der Waals surface area (Å²) < 4.78 is 3.07. The molecule has 3 aromatic carbocycles. The van der Waals surface area contributed by atoms with E-state index in [1.54, 1.807) is 0 Å². The number of para-hydroxylation sites is 2. The maximum Gasteiger partial charge on any atom is 0.149 e. The molecule has 4 aromatic rings. The molecule has 4 rings (SSSR count). The van der Waals surface area contributed by atoms with Gasteiger partial charge in [0.25, 0.3) is 0 Å². The van der Waals surface area contributed by atoms with E-state index in [4.69, 9.17) is 4.98 Å². The molecule has 1 N–H and O–H groups in total. The maximum absolute atomic E-state index is 11.5. The molecule has 160 valence electrons. The highest BCUT2D eigenvalue weighted by atomic mass is 79.9. The molecule has 0 saturated heterocycles. The summed E-state index contributed by atoms with van der Waals surface area (Å²) >= 11 is 3.66. The van der Waals surface area contributed by atoms with Crippen LogP contribution in [0.25, 0.3) is 28.1 Å². The Balaban J connectivity index is 2.14. The summed E-state index contributed by atoms with van der Waals surface area (Å²) in [7, 11) is 0. The van der Waals surface area contributed by atoms with Crippen molar-refractivity contribution in [1.29, 1.82) is 0 Å². The predicted octanol–water partition coefficient (Wildman–Crippen LogP) is 7.76. The summed E-state index contributed by atoms with van der Waals surface area (Å²) in [5, 5.41) is 11.5. The lowest BCUT2D eigenvalue weighted by atomic mass is 9.79. The number of imidazole rings is 1. The number of phenols is 1. The molecule has 1 heterocycles. The van der Waals surface area contributed by atoms with Gasteiger partial charge in [0.05, 0.1) is 11.1 Å². The summed E-state index contributed by atoms with van der Waals surface area (Å²) in [4.78, 5) is 5.02. The summed E-state index contributed by atoms with van der Waals surface area (Å²) in [5.41, 5.74) is 5.47. The summed E-state index contributed by atoms with van der Waals surface area (Å²) in [6.45, 7) is 13.0. The second-order valence-corrected chi connectivity index (χ2v) is 11.0. The molecule has 0 aliphatic heterocycles. The van der Waals surface area contributed by atoms with Gasteiger partial charge in [0.15, 0.2) is 0 Å². The number of benzene rings is 3. The molecular formula is C27H29BrN2O. The van der Waals surface area contributed by atoms with Crippen LogP contribution < -0.4 is 0 Å². The topological polar surface area (TPSA) is 38.0 Å². The van der Waals surface area contributed by atoms with Crippen molar-refractivity contribution < 1.29 is 5.11 Å². The number of hydrogen-bond acceptors (Lipinski definition) is 2. The van der Waals surface area contributed by atoms with Gasteiger partial charge < -0.3 is 5.11 Å².